The third-order valence-corrected chi connectivity index (χ3v) is 4.08. The molecule has 2 atom stereocenters. The largest absolute Gasteiger partial charge is 0.326 e. The van der Waals surface area contributed by atoms with Crippen molar-refractivity contribution in [1.29, 1.82) is 0 Å². The lowest BCUT2D eigenvalue weighted by Gasteiger charge is -2.05. The Bertz CT molecular complexity index is 444. The van der Waals surface area contributed by atoms with E-state index in [4.69, 9.17) is 5.73 Å². The first kappa shape index (κ1) is 11.6. The number of nitrogens with one attached hydrogen (secondary N) is 1. The van der Waals surface area contributed by atoms with Gasteiger partial charge in [-0.25, -0.2) is 13.1 Å². The number of hydrogen-bond donors (Lipinski definition) is 2. The smallest absolute Gasteiger partial charge is 0.212 e. The number of hydrogen-bond acceptors (Lipinski definition) is 3. The van der Waals surface area contributed by atoms with Crippen LogP contribution in [0.15, 0.2) is 30.3 Å². The Morgan fingerprint density at radius 2 is 1.94 bits per heavy atom. The molecule has 0 saturated heterocycles. The predicted molar refractivity (Wildman–Crippen MR) is 63.4 cm³/mol. The van der Waals surface area contributed by atoms with Crippen LogP contribution in [-0.2, 0) is 16.4 Å². The molecule has 2 rings (SSSR count). The van der Waals surface area contributed by atoms with Gasteiger partial charge in [-0.05, 0) is 18.4 Å². The van der Waals surface area contributed by atoms with Crippen LogP contribution in [0.2, 0.25) is 0 Å². The molecule has 0 spiro atoms. The van der Waals surface area contributed by atoms with Gasteiger partial charge in [-0.1, -0.05) is 30.3 Å². The van der Waals surface area contributed by atoms with Crippen molar-refractivity contribution in [3.8, 4) is 0 Å². The van der Waals surface area contributed by atoms with E-state index in [9.17, 15) is 8.42 Å². The number of nitrogens with two attached hydrogens (primary N) is 1. The van der Waals surface area contributed by atoms with Gasteiger partial charge in [0, 0.05) is 12.1 Å². The van der Waals surface area contributed by atoms with Gasteiger partial charge in [0.1, 0.15) is 0 Å². The Balaban J connectivity index is 1.85. The van der Waals surface area contributed by atoms with Crippen LogP contribution in [0.25, 0.3) is 0 Å². The maximum Gasteiger partial charge on any atom is 0.212 e. The third kappa shape index (κ3) is 3.30. The minimum absolute atomic E-state index is 0.00602. The minimum Gasteiger partial charge on any atom is -0.326 e. The highest BCUT2D eigenvalue weighted by Gasteiger charge is 2.36. The van der Waals surface area contributed by atoms with Crippen LogP contribution >= 0.6 is 0 Å². The fourth-order valence-electron chi connectivity index (χ4n) is 1.54. The van der Waals surface area contributed by atoms with Crippen molar-refractivity contribution in [2.45, 2.75) is 24.9 Å². The molecule has 88 valence electrons. The molecule has 0 amide bonds. The van der Waals surface area contributed by atoms with Crippen LogP contribution in [0, 0.1) is 0 Å². The number of rotatable bonds is 5. The van der Waals surface area contributed by atoms with Crippen LogP contribution in [0.5, 0.6) is 0 Å². The summed E-state index contributed by atoms with van der Waals surface area (Å²) in [7, 11) is -3.18. The highest BCUT2D eigenvalue weighted by molar-refractivity contribution is 7.89. The monoisotopic (exact) mass is 240 g/mol. The normalized spacial score (nSPS) is 24.3. The number of sulfonamides is 1. The van der Waals surface area contributed by atoms with Gasteiger partial charge in [0.15, 0.2) is 0 Å². The van der Waals surface area contributed by atoms with Gasteiger partial charge in [0.2, 0.25) is 10.0 Å². The molecule has 2 unspecified atom stereocenters. The standard InChI is InChI=1S/C11H16N2O2S/c12-10-8-11(10)13-16(14,15)7-6-9-4-2-1-3-5-9/h1-5,10-11,13H,6-8,12H2. The van der Waals surface area contributed by atoms with Gasteiger partial charge in [0.25, 0.3) is 0 Å². The van der Waals surface area contributed by atoms with E-state index >= 15 is 0 Å². The highest BCUT2D eigenvalue weighted by atomic mass is 32.2. The van der Waals surface area contributed by atoms with Crippen molar-refractivity contribution in [2.24, 2.45) is 5.73 Å². The molecule has 1 aromatic rings. The lowest BCUT2D eigenvalue weighted by Crippen LogP contribution is -2.32. The van der Waals surface area contributed by atoms with Crippen LogP contribution in [0.4, 0.5) is 0 Å². The maximum absolute atomic E-state index is 11.6. The second-order valence-electron chi connectivity index (χ2n) is 4.18. The molecule has 1 aliphatic carbocycles. The van der Waals surface area contributed by atoms with Crippen molar-refractivity contribution in [1.82, 2.24) is 4.72 Å². The van der Waals surface area contributed by atoms with E-state index in [1.807, 2.05) is 30.3 Å². The molecule has 1 aromatic carbocycles. The van der Waals surface area contributed by atoms with Crippen LogP contribution in [0.1, 0.15) is 12.0 Å². The Morgan fingerprint density at radius 3 is 2.50 bits per heavy atom. The quantitative estimate of drug-likeness (QED) is 0.775. The zero-order valence-corrected chi connectivity index (χ0v) is 9.78. The molecule has 0 aliphatic heterocycles. The number of aryl methyl sites for hydroxylation is 1. The third-order valence-electron chi connectivity index (χ3n) is 2.67. The molecular weight excluding hydrogens is 224 g/mol. The average Bonchev–Trinajstić information content (AvgIpc) is 2.92. The first-order valence-electron chi connectivity index (χ1n) is 5.36. The summed E-state index contributed by atoms with van der Waals surface area (Å²) in [5.41, 5.74) is 6.59. The second kappa shape index (κ2) is 4.53. The van der Waals surface area contributed by atoms with Crippen molar-refractivity contribution < 1.29 is 8.42 Å². The number of benzene rings is 1. The summed E-state index contributed by atoms with van der Waals surface area (Å²) in [5, 5.41) is 0. The first-order chi connectivity index (χ1) is 7.57. The van der Waals surface area contributed by atoms with E-state index in [0.717, 1.165) is 12.0 Å². The summed E-state index contributed by atoms with van der Waals surface area (Å²) in [6.07, 6.45) is 1.29. The topological polar surface area (TPSA) is 72.2 Å². The Labute approximate surface area is 95.9 Å². The summed E-state index contributed by atoms with van der Waals surface area (Å²) < 4.78 is 25.9. The SMILES string of the molecule is NC1CC1NS(=O)(=O)CCc1ccccc1. The van der Waals surface area contributed by atoms with E-state index in [1.54, 1.807) is 0 Å². The molecule has 5 heteroatoms. The highest BCUT2D eigenvalue weighted by Crippen LogP contribution is 2.19. The molecule has 0 radical (unpaired) electrons. The van der Waals surface area contributed by atoms with Gasteiger partial charge in [0.05, 0.1) is 5.75 Å². The maximum atomic E-state index is 11.6. The molecule has 1 aliphatic rings. The van der Waals surface area contributed by atoms with E-state index in [2.05, 4.69) is 4.72 Å². The van der Waals surface area contributed by atoms with Crippen LogP contribution in [-0.4, -0.2) is 26.3 Å². The summed E-state index contributed by atoms with van der Waals surface area (Å²) >= 11 is 0. The predicted octanol–water partition coefficient (Wildman–Crippen LogP) is 0.248. The Morgan fingerprint density at radius 1 is 1.31 bits per heavy atom. The minimum atomic E-state index is -3.18. The van der Waals surface area contributed by atoms with Gasteiger partial charge in [-0.15, -0.1) is 0 Å². The molecule has 0 aromatic heterocycles. The van der Waals surface area contributed by atoms with Crippen LogP contribution in [0.3, 0.4) is 0 Å². The molecule has 0 bridgehead atoms. The molecule has 4 nitrogen and oxygen atoms in total. The van der Waals surface area contributed by atoms with E-state index in [-0.39, 0.29) is 17.8 Å². The fourth-order valence-corrected chi connectivity index (χ4v) is 2.89. The van der Waals surface area contributed by atoms with Gasteiger partial charge >= 0.3 is 0 Å². The Hall–Kier alpha value is -0.910. The van der Waals surface area contributed by atoms with E-state index < -0.39 is 10.0 Å². The average molecular weight is 240 g/mol. The first-order valence-corrected chi connectivity index (χ1v) is 7.01. The summed E-state index contributed by atoms with van der Waals surface area (Å²) in [6.45, 7) is 0. The zero-order valence-electron chi connectivity index (χ0n) is 8.96. The molecule has 1 saturated carbocycles. The van der Waals surface area contributed by atoms with E-state index in [1.165, 1.54) is 0 Å². The summed E-state index contributed by atoms with van der Waals surface area (Å²) in [6, 6.07) is 9.56. The van der Waals surface area contributed by atoms with Gasteiger partial charge in [-0.2, -0.15) is 0 Å². The summed E-state index contributed by atoms with van der Waals surface area (Å²) in [5.74, 6) is 0.125. The van der Waals surface area contributed by atoms with Gasteiger partial charge < -0.3 is 5.73 Å². The second-order valence-corrected chi connectivity index (χ2v) is 6.05. The van der Waals surface area contributed by atoms with Crippen molar-refractivity contribution in [2.75, 3.05) is 5.75 Å². The van der Waals surface area contributed by atoms with Crippen molar-refractivity contribution in [3.63, 3.8) is 0 Å². The Kier molecular flexibility index (Phi) is 3.28. The molecule has 3 N–H and O–H groups in total. The summed E-state index contributed by atoms with van der Waals surface area (Å²) in [4.78, 5) is 0. The molecular formula is C11H16N2O2S. The lowest BCUT2D eigenvalue weighted by molar-refractivity contribution is 0.579. The van der Waals surface area contributed by atoms with Gasteiger partial charge in [-0.3, -0.25) is 0 Å². The van der Waals surface area contributed by atoms with E-state index in [0.29, 0.717) is 6.42 Å². The fraction of sp³-hybridized carbons (Fsp3) is 0.455. The zero-order chi connectivity index (χ0) is 11.6. The molecule has 16 heavy (non-hydrogen) atoms. The lowest BCUT2D eigenvalue weighted by atomic mass is 10.2. The van der Waals surface area contributed by atoms with Crippen LogP contribution < -0.4 is 10.5 Å². The molecule has 0 heterocycles. The molecule has 1 fully saturated rings. The van der Waals surface area contributed by atoms with Crippen molar-refractivity contribution in [3.05, 3.63) is 35.9 Å². The van der Waals surface area contributed by atoms with Crippen molar-refractivity contribution >= 4 is 10.0 Å².